The molecule has 0 atom stereocenters. The van der Waals surface area contributed by atoms with E-state index >= 15 is 0 Å². The van der Waals surface area contributed by atoms with Gasteiger partial charge in [-0.3, -0.25) is 4.79 Å². The molecule has 0 saturated heterocycles. The van der Waals surface area contributed by atoms with Gasteiger partial charge in [-0.05, 0) is 34.1 Å². The van der Waals surface area contributed by atoms with Crippen molar-refractivity contribution in [1.82, 2.24) is 0 Å². The van der Waals surface area contributed by atoms with Crippen molar-refractivity contribution in [3.05, 3.63) is 45.1 Å². The highest BCUT2D eigenvalue weighted by atomic mass is 79.9. The number of rotatable bonds is 4. The molecule has 0 aromatic heterocycles. The SMILES string of the molecule is O=C(CNc1ccc(Br)cc1F)Nc1cc2c(cc1Br)OCCO2. The number of halogens is 3. The van der Waals surface area contributed by atoms with Crippen LogP contribution in [0.5, 0.6) is 11.5 Å². The second kappa shape index (κ2) is 7.40. The Morgan fingerprint density at radius 3 is 2.50 bits per heavy atom. The third-order valence-corrected chi connectivity index (χ3v) is 4.43. The molecule has 0 saturated carbocycles. The molecule has 3 rings (SSSR count). The number of benzene rings is 2. The standard InChI is InChI=1S/C16H13Br2FN2O3/c17-9-1-2-12(11(19)5-9)20-8-16(22)21-13-7-15-14(6-10(13)18)23-3-4-24-15/h1-2,5-7,20H,3-4,8H2,(H,21,22). The second-order valence-corrected chi connectivity index (χ2v) is 6.77. The molecular weight excluding hydrogens is 447 g/mol. The largest absolute Gasteiger partial charge is 0.486 e. The van der Waals surface area contributed by atoms with E-state index in [-0.39, 0.29) is 18.1 Å². The van der Waals surface area contributed by atoms with Crippen molar-refractivity contribution in [2.24, 2.45) is 0 Å². The molecule has 1 amide bonds. The minimum Gasteiger partial charge on any atom is -0.486 e. The second-order valence-electron chi connectivity index (χ2n) is 5.00. The molecule has 0 fully saturated rings. The Morgan fingerprint density at radius 1 is 1.08 bits per heavy atom. The van der Waals surface area contributed by atoms with Gasteiger partial charge in [0.25, 0.3) is 0 Å². The van der Waals surface area contributed by atoms with E-state index in [4.69, 9.17) is 9.47 Å². The van der Waals surface area contributed by atoms with Crippen LogP contribution in [0.4, 0.5) is 15.8 Å². The number of hydrogen-bond acceptors (Lipinski definition) is 4. The first kappa shape index (κ1) is 17.0. The van der Waals surface area contributed by atoms with Crippen molar-refractivity contribution >= 4 is 49.1 Å². The van der Waals surface area contributed by atoms with Crippen molar-refractivity contribution < 1.29 is 18.7 Å². The van der Waals surface area contributed by atoms with E-state index in [1.807, 2.05) is 0 Å². The average Bonchev–Trinajstić information content (AvgIpc) is 2.55. The third kappa shape index (κ3) is 3.99. The van der Waals surface area contributed by atoms with Crippen LogP contribution in [0, 0.1) is 5.82 Å². The van der Waals surface area contributed by atoms with Crippen LogP contribution in [0.2, 0.25) is 0 Å². The Balaban J connectivity index is 1.64. The summed E-state index contributed by atoms with van der Waals surface area (Å²) in [5.41, 5.74) is 0.817. The Morgan fingerprint density at radius 2 is 1.79 bits per heavy atom. The van der Waals surface area contributed by atoms with E-state index in [0.29, 0.717) is 39.3 Å². The lowest BCUT2D eigenvalue weighted by Crippen LogP contribution is -2.22. The molecule has 0 spiro atoms. The minimum absolute atomic E-state index is 0.0700. The van der Waals surface area contributed by atoms with Crippen molar-refractivity contribution in [2.45, 2.75) is 0 Å². The summed E-state index contributed by atoms with van der Waals surface area (Å²) in [5, 5.41) is 5.51. The monoisotopic (exact) mass is 458 g/mol. The molecular formula is C16H13Br2FN2O3. The minimum atomic E-state index is -0.433. The molecule has 1 aliphatic rings. The molecule has 8 heteroatoms. The Bertz CT molecular complexity index is 786. The van der Waals surface area contributed by atoms with Gasteiger partial charge in [-0.2, -0.15) is 0 Å². The Hall–Kier alpha value is -1.80. The van der Waals surface area contributed by atoms with E-state index in [0.717, 1.165) is 0 Å². The van der Waals surface area contributed by atoms with Crippen LogP contribution in [0.1, 0.15) is 0 Å². The van der Waals surface area contributed by atoms with Crippen LogP contribution >= 0.6 is 31.9 Å². The van der Waals surface area contributed by atoms with Crippen molar-refractivity contribution in [2.75, 3.05) is 30.4 Å². The summed E-state index contributed by atoms with van der Waals surface area (Å²) in [6, 6.07) is 8.02. The Labute approximate surface area is 154 Å². The predicted octanol–water partition coefficient (Wildman–Crippen LogP) is 4.17. The number of fused-ring (bicyclic) bond motifs is 1. The maximum atomic E-state index is 13.7. The molecule has 1 heterocycles. The zero-order chi connectivity index (χ0) is 17.1. The predicted molar refractivity (Wildman–Crippen MR) is 96.4 cm³/mol. The van der Waals surface area contributed by atoms with Crippen molar-refractivity contribution in [3.8, 4) is 11.5 Å². The average molecular weight is 460 g/mol. The third-order valence-electron chi connectivity index (χ3n) is 3.28. The molecule has 2 aromatic carbocycles. The van der Waals surface area contributed by atoms with Crippen LogP contribution < -0.4 is 20.1 Å². The Kier molecular flexibility index (Phi) is 5.25. The molecule has 1 aliphatic heterocycles. The fourth-order valence-electron chi connectivity index (χ4n) is 2.16. The molecule has 2 aromatic rings. The zero-order valence-electron chi connectivity index (χ0n) is 12.4. The van der Waals surface area contributed by atoms with Crippen LogP contribution in [0.15, 0.2) is 39.3 Å². The summed E-state index contributed by atoms with van der Waals surface area (Å²) in [5.74, 6) is 0.459. The number of carbonyl (C=O) groups excluding carboxylic acids is 1. The molecule has 5 nitrogen and oxygen atoms in total. The molecule has 0 radical (unpaired) electrons. The number of carbonyl (C=O) groups is 1. The highest BCUT2D eigenvalue weighted by Crippen LogP contribution is 2.38. The van der Waals surface area contributed by atoms with Gasteiger partial charge in [0.05, 0.1) is 17.9 Å². The van der Waals surface area contributed by atoms with Crippen molar-refractivity contribution in [3.63, 3.8) is 0 Å². The van der Waals surface area contributed by atoms with Crippen LogP contribution in [0.25, 0.3) is 0 Å². The van der Waals surface area contributed by atoms with Gasteiger partial charge in [-0.1, -0.05) is 15.9 Å². The van der Waals surface area contributed by atoms with E-state index in [2.05, 4.69) is 42.5 Å². The lowest BCUT2D eigenvalue weighted by molar-refractivity contribution is -0.114. The first-order chi connectivity index (χ1) is 11.5. The first-order valence-electron chi connectivity index (χ1n) is 7.11. The molecule has 0 bridgehead atoms. The van der Waals surface area contributed by atoms with E-state index in [9.17, 15) is 9.18 Å². The van der Waals surface area contributed by atoms with Gasteiger partial charge in [0.1, 0.15) is 19.0 Å². The van der Waals surface area contributed by atoms with Gasteiger partial charge in [0.2, 0.25) is 5.91 Å². The van der Waals surface area contributed by atoms with E-state index in [1.165, 1.54) is 6.07 Å². The van der Waals surface area contributed by atoms with Gasteiger partial charge in [-0.15, -0.1) is 0 Å². The summed E-state index contributed by atoms with van der Waals surface area (Å²) < 4.78 is 26.0. The summed E-state index contributed by atoms with van der Waals surface area (Å²) in [7, 11) is 0. The molecule has 0 aliphatic carbocycles. The molecule has 2 N–H and O–H groups in total. The molecule has 24 heavy (non-hydrogen) atoms. The van der Waals surface area contributed by atoms with E-state index < -0.39 is 5.82 Å². The fourth-order valence-corrected chi connectivity index (χ4v) is 2.92. The highest BCUT2D eigenvalue weighted by molar-refractivity contribution is 9.10. The summed E-state index contributed by atoms with van der Waals surface area (Å²) in [6.07, 6.45) is 0. The van der Waals surface area contributed by atoms with Crippen LogP contribution in [-0.2, 0) is 4.79 Å². The van der Waals surface area contributed by atoms with Gasteiger partial charge in [0.15, 0.2) is 11.5 Å². The number of amides is 1. The first-order valence-corrected chi connectivity index (χ1v) is 8.69. The van der Waals surface area contributed by atoms with Gasteiger partial charge in [0, 0.05) is 21.1 Å². The lowest BCUT2D eigenvalue weighted by Gasteiger charge is -2.20. The maximum absolute atomic E-state index is 13.7. The van der Waals surface area contributed by atoms with Crippen LogP contribution in [0.3, 0.4) is 0 Å². The zero-order valence-corrected chi connectivity index (χ0v) is 15.5. The topological polar surface area (TPSA) is 59.6 Å². The number of nitrogens with one attached hydrogen (secondary N) is 2. The van der Waals surface area contributed by atoms with Crippen molar-refractivity contribution in [1.29, 1.82) is 0 Å². The van der Waals surface area contributed by atoms with E-state index in [1.54, 1.807) is 24.3 Å². The maximum Gasteiger partial charge on any atom is 0.243 e. The highest BCUT2D eigenvalue weighted by Gasteiger charge is 2.16. The number of anilines is 2. The summed E-state index contributed by atoms with van der Waals surface area (Å²) in [6.45, 7) is 0.889. The smallest absolute Gasteiger partial charge is 0.243 e. The number of ether oxygens (including phenoxy) is 2. The lowest BCUT2D eigenvalue weighted by atomic mass is 10.2. The fraction of sp³-hybridized carbons (Fsp3) is 0.188. The molecule has 0 unspecified atom stereocenters. The van der Waals surface area contributed by atoms with Gasteiger partial charge >= 0.3 is 0 Å². The summed E-state index contributed by atoms with van der Waals surface area (Å²) in [4.78, 5) is 12.1. The van der Waals surface area contributed by atoms with Gasteiger partial charge < -0.3 is 20.1 Å². The van der Waals surface area contributed by atoms with Gasteiger partial charge in [-0.25, -0.2) is 4.39 Å². The number of hydrogen-bond donors (Lipinski definition) is 2. The molecule has 126 valence electrons. The normalized spacial score (nSPS) is 12.6. The summed E-state index contributed by atoms with van der Waals surface area (Å²) >= 11 is 6.57. The van der Waals surface area contributed by atoms with Crippen LogP contribution in [-0.4, -0.2) is 25.7 Å². The quantitative estimate of drug-likeness (QED) is 0.720.